The molecule has 9 heteroatoms. The summed E-state index contributed by atoms with van der Waals surface area (Å²) in [5.74, 6) is 0.399. The Balaban J connectivity index is 1.82. The van der Waals surface area contributed by atoms with Crippen LogP contribution in [0.4, 0.5) is 5.95 Å². The Morgan fingerprint density at radius 3 is 3.04 bits per heavy atom. The minimum absolute atomic E-state index is 0.0344. The van der Waals surface area contributed by atoms with Gasteiger partial charge in [-0.25, -0.2) is 4.57 Å². The number of tetrazole rings is 1. The zero-order chi connectivity index (χ0) is 16.7. The van der Waals surface area contributed by atoms with Crippen LogP contribution in [0, 0.1) is 10.1 Å². The van der Waals surface area contributed by atoms with E-state index in [2.05, 4.69) is 20.8 Å². The topological polar surface area (TPSA) is 103 Å². The molecular formula is C15H14N7O2+. The monoisotopic (exact) mass is 324 g/mol. The molecule has 1 aliphatic heterocycles. The van der Waals surface area contributed by atoms with Gasteiger partial charge < -0.3 is 5.32 Å². The first-order valence-corrected chi connectivity index (χ1v) is 7.40. The third-order valence-corrected chi connectivity index (χ3v) is 4.23. The number of aromatic nitrogens is 5. The third-order valence-electron chi connectivity index (χ3n) is 4.23. The van der Waals surface area contributed by atoms with Crippen LogP contribution in [0.3, 0.4) is 0 Å². The first-order chi connectivity index (χ1) is 11.6. The Hall–Kier alpha value is -3.36. The van der Waals surface area contributed by atoms with Gasteiger partial charge in [0.15, 0.2) is 12.2 Å². The van der Waals surface area contributed by atoms with Crippen LogP contribution in [0.1, 0.15) is 11.6 Å². The van der Waals surface area contributed by atoms with Crippen molar-refractivity contribution in [2.45, 2.75) is 12.5 Å². The fourth-order valence-corrected chi connectivity index (χ4v) is 3.03. The van der Waals surface area contributed by atoms with Gasteiger partial charge in [-0.2, -0.15) is 4.68 Å². The molecule has 1 aromatic carbocycles. The molecule has 0 saturated carbocycles. The smallest absolute Gasteiger partial charge is 0.287 e. The molecule has 4 rings (SSSR count). The Bertz CT molecular complexity index is 979. The van der Waals surface area contributed by atoms with Crippen molar-refractivity contribution in [3.05, 3.63) is 64.1 Å². The molecule has 3 aromatic rings. The first kappa shape index (κ1) is 14.2. The molecule has 24 heavy (non-hydrogen) atoms. The highest BCUT2D eigenvalue weighted by Crippen LogP contribution is 2.30. The van der Waals surface area contributed by atoms with Crippen molar-refractivity contribution in [2.75, 3.05) is 5.32 Å². The molecule has 9 nitrogen and oxygen atoms in total. The Morgan fingerprint density at radius 1 is 1.38 bits per heavy atom. The quantitative estimate of drug-likeness (QED) is 0.438. The number of nitrogens with zero attached hydrogens (tertiary/aromatic N) is 6. The molecule has 1 aliphatic rings. The van der Waals surface area contributed by atoms with Gasteiger partial charge in [-0.05, 0) is 22.1 Å². The molecule has 2 aromatic heterocycles. The van der Waals surface area contributed by atoms with E-state index in [4.69, 9.17) is 0 Å². The summed E-state index contributed by atoms with van der Waals surface area (Å²) in [5, 5.41) is 26.6. The van der Waals surface area contributed by atoms with E-state index in [0.29, 0.717) is 12.4 Å². The van der Waals surface area contributed by atoms with E-state index in [1.165, 1.54) is 10.9 Å². The lowest BCUT2D eigenvalue weighted by Crippen LogP contribution is -2.30. The van der Waals surface area contributed by atoms with E-state index >= 15 is 0 Å². The zero-order valence-corrected chi connectivity index (χ0v) is 12.8. The largest absolute Gasteiger partial charge is 0.324 e. The first-order valence-electron chi connectivity index (χ1n) is 7.40. The highest BCUT2D eigenvalue weighted by molar-refractivity contribution is 5.79. The SMILES string of the molecule is C[n+]1ccc(CC2C([N+](=O)[O-])=CNc3nnnn32)c2ccccc21. The van der Waals surface area contributed by atoms with E-state index in [1.807, 2.05) is 48.1 Å². The number of fused-ring (bicyclic) bond motifs is 2. The van der Waals surface area contributed by atoms with E-state index in [0.717, 1.165) is 16.5 Å². The van der Waals surface area contributed by atoms with Gasteiger partial charge in [-0.3, -0.25) is 10.1 Å². The summed E-state index contributed by atoms with van der Waals surface area (Å²) in [5.41, 5.74) is 2.10. The number of anilines is 1. The summed E-state index contributed by atoms with van der Waals surface area (Å²) in [6, 6.07) is 9.38. The van der Waals surface area contributed by atoms with E-state index < -0.39 is 11.0 Å². The number of hydrogen-bond acceptors (Lipinski definition) is 6. The summed E-state index contributed by atoms with van der Waals surface area (Å²) in [6.45, 7) is 0. The van der Waals surface area contributed by atoms with Crippen LogP contribution in [-0.4, -0.2) is 25.1 Å². The number of aryl methyl sites for hydroxylation is 1. The highest BCUT2D eigenvalue weighted by Gasteiger charge is 2.34. The lowest BCUT2D eigenvalue weighted by atomic mass is 9.99. The van der Waals surface area contributed by atoms with Crippen molar-refractivity contribution in [1.82, 2.24) is 20.2 Å². The van der Waals surface area contributed by atoms with Gasteiger partial charge in [0.05, 0.1) is 11.1 Å². The second-order valence-electron chi connectivity index (χ2n) is 5.61. The molecular weight excluding hydrogens is 310 g/mol. The Kier molecular flexibility index (Phi) is 3.19. The van der Waals surface area contributed by atoms with E-state index in [9.17, 15) is 10.1 Å². The van der Waals surface area contributed by atoms with Crippen molar-refractivity contribution in [1.29, 1.82) is 0 Å². The summed E-state index contributed by atoms with van der Waals surface area (Å²) < 4.78 is 3.48. The van der Waals surface area contributed by atoms with Crippen LogP contribution < -0.4 is 9.88 Å². The fraction of sp³-hybridized carbons (Fsp3) is 0.200. The van der Waals surface area contributed by atoms with Crippen molar-refractivity contribution >= 4 is 16.9 Å². The van der Waals surface area contributed by atoms with Gasteiger partial charge in [0, 0.05) is 23.9 Å². The zero-order valence-electron chi connectivity index (χ0n) is 12.8. The number of nitro groups is 1. The number of allylic oxidation sites excluding steroid dienone is 1. The fourth-order valence-electron chi connectivity index (χ4n) is 3.03. The second-order valence-corrected chi connectivity index (χ2v) is 5.61. The molecule has 0 spiro atoms. The summed E-state index contributed by atoms with van der Waals surface area (Å²) in [6.07, 6.45) is 3.74. The highest BCUT2D eigenvalue weighted by atomic mass is 16.6. The summed E-state index contributed by atoms with van der Waals surface area (Å²) in [7, 11) is 1.97. The van der Waals surface area contributed by atoms with Crippen molar-refractivity contribution in [3.8, 4) is 0 Å². The number of para-hydroxylation sites is 1. The number of hydrogen-bond donors (Lipinski definition) is 1. The maximum Gasteiger partial charge on any atom is 0.287 e. The maximum absolute atomic E-state index is 11.4. The lowest BCUT2D eigenvalue weighted by Gasteiger charge is -2.19. The van der Waals surface area contributed by atoms with Crippen LogP contribution in [0.5, 0.6) is 0 Å². The summed E-state index contributed by atoms with van der Waals surface area (Å²) in [4.78, 5) is 11.0. The molecule has 3 heterocycles. The second kappa shape index (κ2) is 5.37. The number of pyridine rings is 1. The van der Waals surface area contributed by atoms with E-state index in [-0.39, 0.29) is 5.70 Å². The molecule has 0 amide bonds. The lowest BCUT2D eigenvalue weighted by molar-refractivity contribution is -0.644. The average Bonchev–Trinajstić information content (AvgIpc) is 3.06. The van der Waals surface area contributed by atoms with Crippen molar-refractivity contribution in [2.24, 2.45) is 7.05 Å². The number of rotatable bonds is 3. The molecule has 120 valence electrons. The van der Waals surface area contributed by atoms with Gasteiger partial charge in [-0.15, -0.1) is 0 Å². The molecule has 1 N–H and O–H groups in total. The van der Waals surface area contributed by atoms with Crippen LogP contribution in [0.2, 0.25) is 0 Å². The minimum atomic E-state index is -0.567. The minimum Gasteiger partial charge on any atom is -0.324 e. The van der Waals surface area contributed by atoms with Crippen LogP contribution in [0.25, 0.3) is 10.9 Å². The standard InChI is InChI=1S/C15H14N7O2/c1-20-7-6-10(11-4-2-3-5-12(11)20)8-13-14(22(23)24)9-16-15-17-18-19-21(13)15/h2-7,9,13H,8H2,1H3,(H,16,17,19)/q+1. The van der Waals surface area contributed by atoms with Crippen LogP contribution >= 0.6 is 0 Å². The van der Waals surface area contributed by atoms with Crippen LogP contribution in [-0.2, 0) is 13.5 Å². The van der Waals surface area contributed by atoms with Gasteiger partial charge in [-0.1, -0.05) is 17.2 Å². The summed E-state index contributed by atoms with van der Waals surface area (Å²) >= 11 is 0. The molecule has 0 bridgehead atoms. The Morgan fingerprint density at radius 2 is 2.21 bits per heavy atom. The maximum atomic E-state index is 11.4. The van der Waals surface area contributed by atoms with Crippen molar-refractivity contribution in [3.63, 3.8) is 0 Å². The molecule has 0 radical (unpaired) electrons. The predicted octanol–water partition coefficient (Wildman–Crippen LogP) is 0.978. The molecule has 0 saturated heterocycles. The average molecular weight is 324 g/mol. The molecule has 0 aliphatic carbocycles. The van der Waals surface area contributed by atoms with Gasteiger partial charge in [0.1, 0.15) is 7.05 Å². The van der Waals surface area contributed by atoms with Gasteiger partial charge in [0.2, 0.25) is 11.5 Å². The number of benzene rings is 1. The predicted molar refractivity (Wildman–Crippen MR) is 84.4 cm³/mol. The molecule has 1 atom stereocenters. The molecule has 1 unspecified atom stereocenters. The van der Waals surface area contributed by atoms with Gasteiger partial charge in [0.25, 0.3) is 5.70 Å². The Labute approximate surface area is 136 Å². The number of nitrogens with one attached hydrogen (secondary N) is 1. The molecule has 0 fully saturated rings. The van der Waals surface area contributed by atoms with Crippen molar-refractivity contribution < 1.29 is 9.49 Å². The van der Waals surface area contributed by atoms with Crippen LogP contribution in [0.15, 0.2) is 48.4 Å². The van der Waals surface area contributed by atoms with Gasteiger partial charge >= 0.3 is 0 Å². The third kappa shape index (κ3) is 2.18. The van der Waals surface area contributed by atoms with E-state index in [1.54, 1.807) is 0 Å². The normalized spacial score (nSPS) is 16.4.